The van der Waals surface area contributed by atoms with E-state index in [4.69, 9.17) is 4.84 Å². The normalized spacial score (nSPS) is 9.67. The van der Waals surface area contributed by atoms with Crippen LogP contribution in [-0.2, 0) is 7.05 Å². The van der Waals surface area contributed by atoms with E-state index in [-0.39, 0.29) is 0 Å². The molecule has 50 valence electrons. The summed E-state index contributed by atoms with van der Waals surface area (Å²) in [7, 11) is 3.62. The van der Waals surface area contributed by atoms with Gasteiger partial charge in [0.25, 0.3) is 5.82 Å². The van der Waals surface area contributed by atoms with Crippen molar-refractivity contribution in [3.8, 4) is 0 Å². The Kier molecular flexibility index (Phi) is 1.42. The number of nitrogens with zero attached hydrogens (tertiary/aromatic N) is 2. The van der Waals surface area contributed by atoms with Crippen molar-refractivity contribution in [3.63, 3.8) is 0 Å². The number of hydrogen-bond acceptors (Lipinski definition) is 1. The molecular formula is C6H11N2O+. The highest BCUT2D eigenvalue weighted by Crippen LogP contribution is 1.85. The maximum absolute atomic E-state index is 4.96. The highest BCUT2D eigenvalue weighted by molar-refractivity contribution is 4.74. The zero-order chi connectivity index (χ0) is 6.85. The predicted molar refractivity (Wildman–Crippen MR) is 32.8 cm³/mol. The molecule has 0 aliphatic rings. The monoisotopic (exact) mass is 127 g/mol. The smallest absolute Gasteiger partial charge is 0.293 e. The quantitative estimate of drug-likeness (QED) is 0.473. The van der Waals surface area contributed by atoms with E-state index in [1.54, 1.807) is 11.8 Å². The van der Waals surface area contributed by atoms with Gasteiger partial charge >= 0.3 is 0 Å². The standard InChI is InChI=1S/C6H11N2O/c1-6-7(2)4-5-8(6)9-3/h4-5H,1-3H3/q+1. The van der Waals surface area contributed by atoms with Crippen molar-refractivity contribution in [1.29, 1.82) is 0 Å². The van der Waals surface area contributed by atoms with Crippen LogP contribution in [0.1, 0.15) is 5.82 Å². The molecule has 1 aromatic rings. The summed E-state index contributed by atoms with van der Waals surface area (Å²) in [5, 5.41) is 0. The van der Waals surface area contributed by atoms with Gasteiger partial charge in [-0.3, -0.25) is 0 Å². The molecule has 3 nitrogen and oxygen atoms in total. The van der Waals surface area contributed by atoms with Gasteiger partial charge in [0.2, 0.25) is 0 Å². The fourth-order valence-electron chi connectivity index (χ4n) is 0.725. The third-order valence-corrected chi connectivity index (χ3v) is 1.45. The second-order valence-corrected chi connectivity index (χ2v) is 1.96. The number of imidazole rings is 1. The van der Waals surface area contributed by atoms with Crippen LogP contribution in [0.25, 0.3) is 0 Å². The average Bonchev–Trinajstić information content (AvgIpc) is 2.15. The third-order valence-electron chi connectivity index (χ3n) is 1.45. The maximum Gasteiger partial charge on any atom is 0.293 e. The lowest BCUT2D eigenvalue weighted by Gasteiger charge is -1.91. The second kappa shape index (κ2) is 2.09. The van der Waals surface area contributed by atoms with E-state index in [1.807, 2.05) is 30.9 Å². The van der Waals surface area contributed by atoms with Crippen molar-refractivity contribution >= 4 is 0 Å². The van der Waals surface area contributed by atoms with Crippen LogP contribution in [0.4, 0.5) is 0 Å². The summed E-state index contributed by atoms with van der Waals surface area (Å²) in [5.74, 6) is 1.08. The van der Waals surface area contributed by atoms with Gasteiger partial charge in [0.1, 0.15) is 13.3 Å². The summed E-state index contributed by atoms with van der Waals surface area (Å²) in [4.78, 5) is 4.96. The maximum atomic E-state index is 4.96. The molecule has 0 N–H and O–H groups in total. The lowest BCUT2D eigenvalue weighted by molar-refractivity contribution is -0.678. The largest absolute Gasteiger partial charge is 0.339 e. The van der Waals surface area contributed by atoms with Crippen molar-refractivity contribution < 1.29 is 9.40 Å². The van der Waals surface area contributed by atoms with Gasteiger partial charge in [-0.25, -0.2) is 4.57 Å². The molecule has 9 heavy (non-hydrogen) atoms. The molecule has 0 atom stereocenters. The number of rotatable bonds is 1. The van der Waals surface area contributed by atoms with Crippen LogP contribution in [0.5, 0.6) is 0 Å². The molecule has 0 aliphatic carbocycles. The van der Waals surface area contributed by atoms with Crippen molar-refractivity contribution in [2.24, 2.45) is 7.05 Å². The first-order chi connectivity index (χ1) is 4.25. The Hall–Kier alpha value is -0.990. The number of aryl methyl sites for hydroxylation is 1. The molecule has 0 fully saturated rings. The molecule has 1 heterocycles. The van der Waals surface area contributed by atoms with Gasteiger partial charge in [-0.05, 0) is 0 Å². The summed E-state index contributed by atoms with van der Waals surface area (Å²) in [6.07, 6.45) is 3.81. The molecule has 0 radical (unpaired) electrons. The first kappa shape index (κ1) is 6.13. The molecule has 0 saturated carbocycles. The van der Waals surface area contributed by atoms with Gasteiger partial charge in [0.05, 0.1) is 7.05 Å². The average molecular weight is 127 g/mol. The number of hydrogen-bond donors (Lipinski definition) is 0. The topological polar surface area (TPSA) is 18.0 Å². The molecule has 1 aromatic heterocycles. The molecule has 0 aromatic carbocycles. The number of aromatic nitrogens is 2. The van der Waals surface area contributed by atoms with E-state index in [2.05, 4.69) is 0 Å². The van der Waals surface area contributed by atoms with Crippen molar-refractivity contribution in [3.05, 3.63) is 18.2 Å². The predicted octanol–water partition coefficient (Wildman–Crippen LogP) is -0.321. The summed E-state index contributed by atoms with van der Waals surface area (Å²) < 4.78 is 3.70. The van der Waals surface area contributed by atoms with Crippen LogP contribution in [0.15, 0.2) is 12.4 Å². The molecule has 0 saturated heterocycles. The summed E-state index contributed by atoms with van der Waals surface area (Å²) in [6.45, 7) is 1.99. The van der Waals surface area contributed by atoms with E-state index in [0.29, 0.717) is 0 Å². The Morgan fingerprint density at radius 1 is 1.67 bits per heavy atom. The van der Waals surface area contributed by atoms with Crippen LogP contribution in [0, 0.1) is 6.92 Å². The molecule has 0 spiro atoms. The minimum atomic E-state index is 1.08. The Morgan fingerprint density at radius 3 is 2.56 bits per heavy atom. The highest BCUT2D eigenvalue weighted by atomic mass is 16.6. The van der Waals surface area contributed by atoms with Crippen LogP contribution < -0.4 is 9.40 Å². The molecule has 0 unspecified atom stereocenters. The summed E-state index contributed by atoms with van der Waals surface area (Å²) in [5.41, 5.74) is 0. The third kappa shape index (κ3) is 0.896. The molecule has 0 amide bonds. The Labute approximate surface area is 54.4 Å². The van der Waals surface area contributed by atoms with Gasteiger partial charge in [-0.2, -0.15) is 0 Å². The van der Waals surface area contributed by atoms with Crippen LogP contribution in [-0.4, -0.2) is 11.8 Å². The molecule has 3 heteroatoms. The van der Waals surface area contributed by atoms with Gasteiger partial charge in [-0.15, -0.1) is 0 Å². The van der Waals surface area contributed by atoms with E-state index in [9.17, 15) is 0 Å². The second-order valence-electron chi connectivity index (χ2n) is 1.96. The molecule has 0 aliphatic heterocycles. The SMILES string of the molecule is COn1cc[n+](C)c1C. The summed E-state index contributed by atoms with van der Waals surface area (Å²) in [6, 6.07) is 0. The van der Waals surface area contributed by atoms with E-state index in [1.165, 1.54) is 0 Å². The van der Waals surface area contributed by atoms with Crippen molar-refractivity contribution in [2.45, 2.75) is 6.92 Å². The molecule has 1 rings (SSSR count). The zero-order valence-electron chi connectivity index (χ0n) is 5.96. The van der Waals surface area contributed by atoms with E-state index in [0.717, 1.165) is 5.82 Å². The molecule has 0 bridgehead atoms. The van der Waals surface area contributed by atoms with Gasteiger partial charge in [0.15, 0.2) is 6.20 Å². The first-order valence-electron chi connectivity index (χ1n) is 2.83. The fraction of sp³-hybridized carbons (Fsp3) is 0.500. The fourth-order valence-corrected chi connectivity index (χ4v) is 0.725. The van der Waals surface area contributed by atoms with Crippen molar-refractivity contribution in [2.75, 3.05) is 7.11 Å². The lowest BCUT2D eigenvalue weighted by Crippen LogP contribution is -2.30. The van der Waals surface area contributed by atoms with Crippen LogP contribution in [0.3, 0.4) is 0 Å². The van der Waals surface area contributed by atoms with E-state index < -0.39 is 0 Å². The van der Waals surface area contributed by atoms with Gasteiger partial charge in [0, 0.05) is 6.92 Å². The van der Waals surface area contributed by atoms with Crippen LogP contribution >= 0.6 is 0 Å². The Bertz CT molecular complexity index is 205. The van der Waals surface area contributed by atoms with Crippen LogP contribution in [0.2, 0.25) is 0 Å². The van der Waals surface area contributed by atoms with Gasteiger partial charge < -0.3 is 4.84 Å². The zero-order valence-corrected chi connectivity index (χ0v) is 5.96. The lowest BCUT2D eigenvalue weighted by atomic mass is 10.7. The Balaban J connectivity index is 3.04. The van der Waals surface area contributed by atoms with E-state index >= 15 is 0 Å². The highest BCUT2D eigenvalue weighted by Gasteiger charge is 2.06. The molecular weight excluding hydrogens is 116 g/mol. The summed E-state index contributed by atoms with van der Waals surface area (Å²) >= 11 is 0. The minimum absolute atomic E-state index is 1.08. The first-order valence-corrected chi connectivity index (χ1v) is 2.83. The van der Waals surface area contributed by atoms with Crippen molar-refractivity contribution in [1.82, 2.24) is 4.73 Å². The Morgan fingerprint density at radius 2 is 2.33 bits per heavy atom. The minimum Gasteiger partial charge on any atom is -0.339 e. The van der Waals surface area contributed by atoms with Gasteiger partial charge in [-0.1, -0.05) is 4.73 Å².